The monoisotopic (exact) mass is 496 g/mol. The van der Waals surface area contributed by atoms with Crippen LogP contribution in [0.5, 0.6) is 5.75 Å². The summed E-state index contributed by atoms with van der Waals surface area (Å²) >= 11 is 0.944. The molecule has 1 aliphatic rings. The van der Waals surface area contributed by atoms with Crippen LogP contribution in [0.15, 0.2) is 58.4 Å². The lowest BCUT2D eigenvalue weighted by Gasteiger charge is -2.24. The molecule has 10 heteroatoms. The molecule has 0 saturated carbocycles. The van der Waals surface area contributed by atoms with Gasteiger partial charge >= 0.3 is 5.97 Å². The number of aromatic nitrogens is 1. The van der Waals surface area contributed by atoms with Crippen LogP contribution < -0.4 is 9.64 Å². The first-order chi connectivity index (χ1) is 16.9. The highest BCUT2D eigenvalue weighted by Gasteiger charge is 2.46. The molecule has 3 heterocycles. The second-order valence-corrected chi connectivity index (χ2v) is 8.80. The Bertz CT molecular complexity index is 1280. The largest absolute Gasteiger partial charge is 0.503 e. The Morgan fingerprint density at radius 2 is 1.97 bits per heavy atom. The number of rotatable bonds is 9. The molecule has 2 aromatic heterocycles. The van der Waals surface area contributed by atoms with E-state index in [0.717, 1.165) is 24.2 Å². The third-order valence-corrected chi connectivity index (χ3v) is 6.66. The van der Waals surface area contributed by atoms with E-state index in [-0.39, 0.29) is 21.3 Å². The van der Waals surface area contributed by atoms with Gasteiger partial charge in [0, 0.05) is 0 Å². The SMILES string of the molecule is CCCCOc1ccc([C@H]2C(C(=O)c3ccco3)=C(O)C(=O)N2c2nc(C)c(C(=O)OC)s2)cc1. The zero-order valence-electron chi connectivity index (χ0n) is 19.4. The number of Topliss-reactive ketones (excluding diaryl/α,β-unsaturated/α-hetero) is 1. The highest BCUT2D eigenvalue weighted by Crippen LogP contribution is 2.44. The summed E-state index contributed by atoms with van der Waals surface area (Å²) in [6.07, 6.45) is 3.25. The lowest BCUT2D eigenvalue weighted by molar-refractivity contribution is -0.117. The zero-order chi connectivity index (χ0) is 25.1. The van der Waals surface area contributed by atoms with Gasteiger partial charge in [-0.1, -0.05) is 36.8 Å². The molecule has 35 heavy (non-hydrogen) atoms. The number of ketones is 1. The van der Waals surface area contributed by atoms with E-state index in [2.05, 4.69) is 11.9 Å². The van der Waals surface area contributed by atoms with Crippen molar-refractivity contribution in [2.24, 2.45) is 0 Å². The number of hydrogen-bond acceptors (Lipinski definition) is 9. The van der Waals surface area contributed by atoms with E-state index in [1.165, 1.54) is 24.3 Å². The second-order valence-electron chi connectivity index (χ2n) is 7.82. The molecule has 0 bridgehead atoms. The van der Waals surface area contributed by atoms with Crippen LogP contribution in [0.4, 0.5) is 5.13 Å². The number of furan rings is 1. The molecule has 1 atom stereocenters. The van der Waals surface area contributed by atoms with Gasteiger partial charge in [0.05, 0.1) is 37.3 Å². The molecule has 3 aromatic rings. The number of anilines is 1. The number of aryl methyl sites for hydroxylation is 1. The van der Waals surface area contributed by atoms with Crippen molar-refractivity contribution in [3.63, 3.8) is 0 Å². The molecular formula is C25H24N2O7S. The molecule has 0 radical (unpaired) electrons. The van der Waals surface area contributed by atoms with Gasteiger partial charge in [-0.2, -0.15) is 0 Å². The Labute approximate surface area is 205 Å². The number of esters is 1. The van der Waals surface area contributed by atoms with Gasteiger partial charge in [-0.15, -0.1) is 0 Å². The summed E-state index contributed by atoms with van der Waals surface area (Å²) in [4.78, 5) is 44.5. The maximum absolute atomic E-state index is 13.3. The topological polar surface area (TPSA) is 119 Å². The van der Waals surface area contributed by atoms with Crippen LogP contribution in [0.3, 0.4) is 0 Å². The minimum Gasteiger partial charge on any atom is -0.503 e. The number of benzene rings is 1. The number of hydrogen-bond donors (Lipinski definition) is 1. The number of carbonyl (C=O) groups is 3. The molecule has 1 aliphatic heterocycles. The van der Waals surface area contributed by atoms with E-state index in [4.69, 9.17) is 13.9 Å². The maximum Gasteiger partial charge on any atom is 0.350 e. The van der Waals surface area contributed by atoms with Crippen LogP contribution in [0.2, 0.25) is 0 Å². The Morgan fingerprint density at radius 1 is 1.23 bits per heavy atom. The number of nitrogens with zero attached hydrogens (tertiary/aromatic N) is 2. The lowest BCUT2D eigenvalue weighted by atomic mass is 9.95. The molecule has 0 saturated heterocycles. The summed E-state index contributed by atoms with van der Waals surface area (Å²) in [5.41, 5.74) is 0.776. The van der Waals surface area contributed by atoms with Crippen LogP contribution in [-0.4, -0.2) is 41.5 Å². The zero-order valence-corrected chi connectivity index (χ0v) is 20.3. The van der Waals surface area contributed by atoms with Crippen molar-refractivity contribution in [2.75, 3.05) is 18.6 Å². The third-order valence-electron chi connectivity index (χ3n) is 5.52. The standard InChI is InChI=1S/C25H24N2O7S/c1-4-5-12-33-16-10-8-15(9-11-16)19-18(20(28)17-7-6-13-34-17)21(29)23(30)27(19)25-26-14(2)22(35-25)24(31)32-3/h6-11,13,19,29H,4-5,12H2,1-3H3/t19-/m0/s1. The van der Waals surface area contributed by atoms with Crippen molar-refractivity contribution in [1.82, 2.24) is 4.98 Å². The molecular weight excluding hydrogens is 472 g/mol. The summed E-state index contributed by atoms with van der Waals surface area (Å²) in [6, 6.07) is 8.94. The van der Waals surface area contributed by atoms with Gasteiger partial charge in [0.15, 0.2) is 16.7 Å². The number of amides is 1. The molecule has 0 spiro atoms. The van der Waals surface area contributed by atoms with E-state index in [1.54, 1.807) is 37.3 Å². The fourth-order valence-electron chi connectivity index (χ4n) is 3.74. The van der Waals surface area contributed by atoms with Crippen LogP contribution >= 0.6 is 11.3 Å². The van der Waals surface area contributed by atoms with Gasteiger partial charge in [-0.25, -0.2) is 9.78 Å². The Balaban J connectivity index is 1.78. The summed E-state index contributed by atoms with van der Waals surface area (Å²) in [5, 5.41) is 11.0. The second kappa shape index (κ2) is 10.1. The smallest absolute Gasteiger partial charge is 0.350 e. The summed E-state index contributed by atoms with van der Waals surface area (Å²) in [6.45, 7) is 4.26. The number of thiazole rings is 1. The molecule has 9 nitrogen and oxygen atoms in total. The first-order valence-electron chi connectivity index (χ1n) is 11.0. The van der Waals surface area contributed by atoms with Crippen LogP contribution in [0.25, 0.3) is 0 Å². The Hall–Kier alpha value is -3.92. The maximum atomic E-state index is 13.3. The Kier molecular flexibility index (Phi) is 7.02. The van der Waals surface area contributed by atoms with Crippen molar-refractivity contribution >= 4 is 34.1 Å². The van der Waals surface area contributed by atoms with Gasteiger partial charge in [-0.05, 0) is 43.2 Å². The molecule has 0 fully saturated rings. The number of carbonyl (C=O) groups excluding carboxylic acids is 3. The van der Waals surface area contributed by atoms with E-state index in [0.29, 0.717) is 23.6 Å². The quantitative estimate of drug-likeness (QED) is 0.255. The highest BCUT2D eigenvalue weighted by atomic mass is 32.1. The van der Waals surface area contributed by atoms with Crippen molar-refractivity contribution in [3.8, 4) is 5.75 Å². The summed E-state index contributed by atoms with van der Waals surface area (Å²) < 4.78 is 15.8. The average molecular weight is 497 g/mol. The number of ether oxygens (including phenoxy) is 2. The van der Waals surface area contributed by atoms with Crippen LogP contribution in [0.1, 0.15) is 57.3 Å². The minimum absolute atomic E-state index is 0.0173. The first-order valence-corrected chi connectivity index (χ1v) is 11.8. The fourth-order valence-corrected chi connectivity index (χ4v) is 4.75. The van der Waals surface area contributed by atoms with Gasteiger partial charge in [0.25, 0.3) is 5.91 Å². The van der Waals surface area contributed by atoms with E-state index in [9.17, 15) is 19.5 Å². The summed E-state index contributed by atoms with van der Waals surface area (Å²) in [5.74, 6) is -2.10. The highest BCUT2D eigenvalue weighted by molar-refractivity contribution is 7.17. The van der Waals surface area contributed by atoms with E-state index < -0.39 is 29.5 Å². The average Bonchev–Trinajstić information content (AvgIpc) is 3.58. The minimum atomic E-state index is -0.999. The van der Waals surface area contributed by atoms with Crippen molar-refractivity contribution < 1.29 is 33.4 Å². The van der Waals surface area contributed by atoms with Crippen molar-refractivity contribution in [3.05, 3.63) is 75.9 Å². The molecule has 0 unspecified atom stereocenters. The van der Waals surface area contributed by atoms with Crippen LogP contribution in [-0.2, 0) is 9.53 Å². The number of aliphatic hydroxyl groups excluding tert-OH is 1. The Morgan fingerprint density at radius 3 is 2.60 bits per heavy atom. The number of methoxy groups -OCH3 is 1. The number of unbranched alkanes of at least 4 members (excludes halogenated alkanes) is 1. The van der Waals surface area contributed by atoms with Gasteiger partial charge in [-0.3, -0.25) is 14.5 Å². The number of aliphatic hydroxyl groups is 1. The third kappa shape index (κ3) is 4.57. The molecule has 1 aromatic carbocycles. The molecule has 1 amide bonds. The molecule has 1 N–H and O–H groups in total. The van der Waals surface area contributed by atoms with Gasteiger partial charge in [0.2, 0.25) is 5.78 Å². The van der Waals surface area contributed by atoms with E-state index >= 15 is 0 Å². The van der Waals surface area contributed by atoms with Gasteiger partial charge < -0.3 is 19.0 Å². The normalized spacial score (nSPS) is 15.6. The molecule has 4 rings (SSSR count). The predicted octanol–water partition coefficient (Wildman–Crippen LogP) is 4.79. The van der Waals surface area contributed by atoms with E-state index in [1.807, 2.05) is 0 Å². The molecule has 0 aliphatic carbocycles. The first kappa shape index (κ1) is 24.2. The van der Waals surface area contributed by atoms with Gasteiger partial charge in [0.1, 0.15) is 10.6 Å². The fraction of sp³-hybridized carbons (Fsp3) is 0.280. The van der Waals surface area contributed by atoms with Crippen molar-refractivity contribution in [1.29, 1.82) is 0 Å². The lowest BCUT2D eigenvalue weighted by Crippen LogP contribution is -2.31. The molecule has 182 valence electrons. The van der Waals surface area contributed by atoms with Crippen LogP contribution in [0, 0.1) is 6.92 Å². The van der Waals surface area contributed by atoms with Crippen molar-refractivity contribution in [2.45, 2.75) is 32.7 Å². The summed E-state index contributed by atoms with van der Waals surface area (Å²) in [7, 11) is 1.25. The predicted molar refractivity (Wildman–Crippen MR) is 128 cm³/mol.